The molecule has 1 aromatic carbocycles. The van der Waals surface area contributed by atoms with E-state index in [0.29, 0.717) is 6.61 Å². The van der Waals surface area contributed by atoms with Crippen molar-refractivity contribution in [2.75, 3.05) is 6.61 Å². The first-order valence-electron chi connectivity index (χ1n) is 6.24. The minimum Gasteiger partial charge on any atom is -0.448 e. The second kappa shape index (κ2) is 3.61. The fourth-order valence-electron chi connectivity index (χ4n) is 2.74. The first-order chi connectivity index (χ1) is 8.52. The lowest BCUT2D eigenvalue weighted by atomic mass is 9.88. The highest BCUT2D eigenvalue weighted by molar-refractivity contribution is 5.85. The maximum atomic E-state index is 11.7. The van der Waals surface area contributed by atoms with Crippen molar-refractivity contribution >= 4 is 11.7 Å². The van der Waals surface area contributed by atoms with Crippen molar-refractivity contribution in [3.8, 4) is 0 Å². The number of amides is 1. The fraction of sp³-hybridized carbons (Fsp3) is 0.400. The van der Waals surface area contributed by atoms with Gasteiger partial charge in [0.05, 0.1) is 11.7 Å². The van der Waals surface area contributed by atoms with Crippen LogP contribution in [-0.2, 0) is 4.74 Å². The van der Waals surface area contributed by atoms with Crippen molar-refractivity contribution in [2.24, 2.45) is 5.41 Å². The number of allylic oxidation sites excluding steroid dienone is 1. The monoisotopic (exact) mass is 243 g/mol. The number of nitrogens with zero attached hydrogens (tertiary/aromatic N) is 1. The average Bonchev–Trinajstić information content (AvgIpc) is 3.12. The molecule has 0 bridgehead atoms. The van der Waals surface area contributed by atoms with Crippen LogP contribution in [0.15, 0.2) is 36.0 Å². The Morgan fingerprint density at radius 1 is 1.33 bits per heavy atom. The van der Waals surface area contributed by atoms with E-state index in [9.17, 15) is 4.79 Å². The van der Waals surface area contributed by atoms with Crippen LogP contribution >= 0.6 is 0 Å². The molecule has 2 saturated heterocycles. The number of carbonyl (C=O) groups excluding carboxylic acids is 1. The lowest BCUT2D eigenvalue weighted by Gasteiger charge is -2.27. The molecular weight excluding hydrogens is 226 g/mol. The molecule has 18 heavy (non-hydrogen) atoms. The van der Waals surface area contributed by atoms with Gasteiger partial charge in [-0.15, -0.1) is 0 Å². The number of fused-ring (bicyclic) bond motifs is 1. The van der Waals surface area contributed by atoms with Gasteiger partial charge in [-0.3, -0.25) is 4.90 Å². The largest absolute Gasteiger partial charge is 0.448 e. The summed E-state index contributed by atoms with van der Waals surface area (Å²) in [6, 6.07) is 10.4. The summed E-state index contributed by atoms with van der Waals surface area (Å²) in [6.07, 6.45) is -0.204. The van der Waals surface area contributed by atoms with Gasteiger partial charge in [0.1, 0.15) is 6.61 Å². The third kappa shape index (κ3) is 1.54. The fourth-order valence-corrected chi connectivity index (χ4v) is 2.74. The number of cyclic esters (lactones) is 1. The molecule has 3 heteroatoms. The highest BCUT2D eigenvalue weighted by atomic mass is 16.6. The molecule has 0 radical (unpaired) electrons. The van der Waals surface area contributed by atoms with Crippen molar-refractivity contribution < 1.29 is 9.53 Å². The van der Waals surface area contributed by atoms with Gasteiger partial charge in [0.15, 0.2) is 0 Å². The van der Waals surface area contributed by atoms with Gasteiger partial charge in [-0.05, 0) is 18.1 Å². The second-order valence-corrected chi connectivity index (χ2v) is 5.69. The molecule has 0 aliphatic carbocycles. The minimum atomic E-state index is -0.204. The standard InChI is InChI=1S/C15H17NO2/c1-10(11-7-5-4-6-8-11)12-13-15(2,3)9-18-14(17)16(12)13/h4-8,13H,9H2,1-3H3/b12-10+/t13-,16?/m1/s1. The van der Waals surface area contributed by atoms with Gasteiger partial charge in [0.2, 0.25) is 0 Å². The maximum absolute atomic E-state index is 11.7. The van der Waals surface area contributed by atoms with Crippen LogP contribution in [0.5, 0.6) is 0 Å². The molecule has 3 nitrogen and oxygen atoms in total. The van der Waals surface area contributed by atoms with Crippen LogP contribution in [0, 0.1) is 5.41 Å². The van der Waals surface area contributed by atoms with Crippen molar-refractivity contribution in [3.05, 3.63) is 41.6 Å². The van der Waals surface area contributed by atoms with E-state index >= 15 is 0 Å². The highest BCUT2D eigenvalue weighted by Crippen LogP contribution is 2.51. The van der Waals surface area contributed by atoms with Crippen LogP contribution in [0.2, 0.25) is 0 Å². The van der Waals surface area contributed by atoms with Gasteiger partial charge >= 0.3 is 6.09 Å². The molecule has 1 amide bonds. The Kier molecular flexibility index (Phi) is 2.27. The molecule has 0 N–H and O–H groups in total. The van der Waals surface area contributed by atoms with Crippen LogP contribution in [0.4, 0.5) is 4.79 Å². The topological polar surface area (TPSA) is 29.3 Å². The van der Waals surface area contributed by atoms with Gasteiger partial charge in [-0.2, -0.15) is 0 Å². The van der Waals surface area contributed by atoms with Crippen LogP contribution in [0.1, 0.15) is 26.3 Å². The molecule has 94 valence electrons. The summed E-state index contributed by atoms with van der Waals surface area (Å²) in [4.78, 5) is 13.5. The number of rotatable bonds is 1. The van der Waals surface area contributed by atoms with Gasteiger partial charge in [0.25, 0.3) is 0 Å². The van der Waals surface area contributed by atoms with Gasteiger partial charge in [0, 0.05) is 5.41 Å². The molecule has 0 spiro atoms. The first-order valence-corrected chi connectivity index (χ1v) is 6.24. The summed E-state index contributed by atoms with van der Waals surface area (Å²) >= 11 is 0. The van der Waals surface area contributed by atoms with E-state index in [2.05, 4.69) is 32.9 Å². The van der Waals surface area contributed by atoms with Crippen molar-refractivity contribution in [3.63, 3.8) is 0 Å². The van der Waals surface area contributed by atoms with Crippen molar-refractivity contribution in [1.82, 2.24) is 4.90 Å². The quantitative estimate of drug-likeness (QED) is 0.708. The normalized spacial score (nSPS) is 27.4. The van der Waals surface area contributed by atoms with Crippen molar-refractivity contribution in [1.29, 1.82) is 0 Å². The van der Waals surface area contributed by atoms with E-state index < -0.39 is 0 Å². The zero-order chi connectivity index (χ0) is 12.9. The average molecular weight is 243 g/mol. The summed E-state index contributed by atoms with van der Waals surface area (Å²) in [5, 5.41) is 0. The predicted molar refractivity (Wildman–Crippen MR) is 69.8 cm³/mol. The molecule has 2 fully saturated rings. The van der Waals surface area contributed by atoms with E-state index in [-0.39, 0.29) is 17.6 Å². The van der Waals surface area contributed by atoms with E-state index in [1.54, 1.807) is 4.90 Å². The molecule has 3 rings (SSSR count). The number of carbonyl (C=O) groups is 1. The molecular formula is C15H17NO2. The Morgan fingerprint density at radius 3 is 2.61 bits per heavy atom. The minimum absolute atomic E-state index is 0.000711. The van der Waals surface area contributed by atoms with Gasteiger partial charge in [-0.25, -0.2) is 4.79 Å². The van der Waals surface area contributed by atoms with Crippen LogP contribution in [0.3, 0.4) is 0 Å². The molecule has 2 aliphatic rings. The Labute approximate surface area is 107 Å². The predicted octanol–water partition coefficient (Wildman–Crippen LogP) is 3.28. The summed E-state index contributed by atoms with van der Waals surface area (Å²) in [6.45, 7) is 6.86. The van der Waals surface area contributed by atoms with E-state index in [0.717, 1.165) is 5.70 Å². The third-order valence-corrected chi connectivity index (χ3v) is 3.80. The number of benzene rings is 1. The maximum Gasteiger partial charge on any atom is 0.414 e. The van der Waals surface area contributed by atoms with E-state index in [1.807, 2.05) is 18.2 Å². The lowest BCUT2D eigenvalue weighted by molar-refractivity contribution is 0.0498. The smallest absolute Gasteiger partial charge is 0.414 e. The highest BCUT2D eigenvalue weighted by Gasteiger charge is 2.59. The zero-order valence-electron chi connectivity index (χ0n) is 10.9. The van der Waals surface area contributed by atoms with E-state index in [1.165, 1.54) is 11.1 Å². The molecule has 2 heterocycles. The molecule has 0 aromatic heterocycles. The van der Waals surface area contributed by atoms with Crippen LogP contribution < -0.4 is 0 Å². The van der Waals surface area contributed by atoms with Gasteiger partial charge < -0.3 is 4.74 Å². The molecule has 2 aliphatic heterocycles. The summed E-state index contributed by atoms with van der Waals surface area (Å²) < 4.78 is 5.22. The van der Waals surface area contributed by atoms with Crippen LogP contribution in [-0.4, -0.2) is 23.6 Å². The number of hydrogen-bond donors (Lipinski definition) is 0. The first kappa shape index (κ1) is 11.3. The Hall–Kier alpha value is -1.77. The van der Waals surface area contributed by atoms with E-state index in [4.69, 9.17) is 4.74 Å². The lowest BCUT2D eigenvalue weighted by Crippen LogP contribution is -2.37. The molecule has 1 aromatic rings. The Balaban J connectivity index is 2.02. The Morgan fingerprint density at radius 2 is 2.00 bits per heavy atom. The third-order valence-electron chi connectivity index (χ3n) is 3.80. The number of ether oxygens (including phenoxy) is 1. The van der Waals surface area contributed by atoms with Gasteiger partial charge in [-0.1, -0.05) is 44.2 Å². The SMILES string of the molecule is C/C(=C1/[C@H]2N1C(=O)OCC2(C)C)c1ccccc1. The zero-order valence-corrected chi connectivity index (χ0v) is 10.9. The molecule has 0 saturated carbocycles. The summed E-state index contributed by atoms with van der Waals surface area (Å²) in [7, 11) is 0. The Bertz CT molecular complexity index is 531. The van der Waals surface area contributed by atoms with Crippen molar-refractivity contribution in [2.45, 2.75) is 26.8 Å². The summed E-state index contributed by atoms with van der Waals surface area (Å²) in [5.74, 6) is 0. The second-order valence-electron chi connectivity index (χ2n) is 5.69. The van der Waals surface area contributed by atoms with Crippen LogP contribution in [0.25, 0.3) is 5.57 Å². The number of hydrogen-bond acceptors (Lipinski definition) is 2. The summed E-state index contributed by atoms with van der Waals surface area (Å²) in [5.41, 5.74) is 3.46. The molecule has 1 atom stereocenters. The molecule has 0 unspecified atom stereocenters.